The van der Waals surface area contributed by atoms with E-state index >= 15 is 0 Å². The molecule has 2 heteroatoms. The van der Waals surface area contributed by atoms with Crippen LogP contribution in [0.1, 0.15) is 20.3 Å². The SMILES string of the molecule is CCC1CO[C@@H]2C(C)CO[C@H]12. The van der Waals surface area contributed by atoms with Crippen molar-refractivity contribution >= 4 is 0 Å². The van der Waals surface area contributed by atoms with Gasteiger partial charge in [0.05, 0.1) is 25.4 Å². The monoisotopic (exact) mass is 156 g/mol. The number of fused-ring (bicyclic) bond motifs is 1. The van der Waals surface area contributed by atoms with Crippen molar-refractivity contribution in [3.8, 4) is 0 Å². The fourth-order valence-corrected chi connectivity index (χ4v) is 2.12. The average Bonchev–Trinajstić information content (AvgIpc) is 2.53. The molecule has 2 heterocycles. The molecule has 0 spiro atoms. The highest BCUT2D eigenvalue weighted by molar-refractivity contribution is 4.91. The molecule has 0 aliphatic carbocycles. The lowest BCUT2D eigenvalue weighted by atomic mass is 9.96. The Morgan fingerprint density at radius 1 is 1.18 bits per heavy atom. The van der Waals surface area contributed by atoms with Gasteiger partial charge in [-0.1, -0.05) is 13.8 Å². The third kappa shape index (κ3) is 1.09. The number of rotatable bonds is 1. The van der Waals surface area contributed by atoms with Crippen molar-refractivity contribution in [1.82, 2.24) is 0 Å². The second-order valence-corrected chi connectivity index (χ2v) is 3.74. The van der Waals surface area contributed by atoms with Gasteiger partial charge in [0.2, 0.25) is 0 Å². The average molecular weight is 156 g/mol. The van der Waals surface area contributed by atoms with Gasteiger partial charge in [-0.05, 0) is 6.42 Å². The predicted octanol–water partition coefficient (Wildman–Crippen LogP) is 1.45. The molecule has 2 fully saturated rings. The van der Waals surface area contributed by atoms with Crippen molar-refractivity contribution in [2.24, 2.45) is 11.8 Å². The Kier molecular flexibility index (Phi) is 1.90. The van der Waals surface area contributed by atoms with Gasteiger partial charge in [0.25, 0.3) is 0 Å². The normalized spacial score (nSPS) is 49.6. The van der Waals surface area contributed by atoms with E-state index in [0.717, 1.165) is 13.2 Å². The molecule has 0 aromatic rings. The smallest absolute Gasteiger partial charge is 0.0890 e. The highest BCUT2D eigenvalue weighted by Gasteiger charge is 2.44. The molecule has 2 aliphatic heterocycles. The zero-order chi connectivity index (χ0) is 7.84. The largest absolute Gasteiger partial charge is 0.375 e. The molecular formula is C9H16O2. The van der Waals surface area contributed by atoms with E-state index in [1.165, 1.54) is 6.42 Å². The van der Waals surface area contributed by atoms with Crippen molar-refractivity contribution in [3.05, 3.63) is 0 Å². The van der Waals surface area contributed by atoms with Crippen LogP contribution in [-0.2, 0) is 9.47 Å². The molecule has 2 unspecified atom stereocenters. The topological polar surface area (TPSA) is 18.5 Å². The van der Waals surface area contributed by atoms with Crippen molar-refractivity contribution in [2.45, 2.75) is 32.5 Å². The van der Waals surface area contributed by atoms with Crippen LogP contribution in [0.3, 0.4) is 0 Å². The van der Waals surface area contributed by atoms with Crippen LogP contribution in [0.2, 0.25) is 0 Å². The van der Waals surface area contributed by atoms with E-state index in [0.29, 0.717) is 24.0 Å². The lowest BCUT2D eigenvalue weighted by Gasteiger charge is -2.13. The summed E-state index contributed by atoms with van der Waals surface area (Å²) in [6, 6.07) is 0. The molecule has 64 valence electrons. The van der Waals surface area contributed by atoms with Crippen LogP contribution in [0.4, 0.5) is 0 Å². The summed E-state index contributed by atoms with van der Waals surface area (Å²) < 4.78 is 11.3. The molecule has 0 amide bonds. The highest BCUT2D eigenvalue weighted by Crippen LogP contribution is 2.35. The number of hydrogen-bond donors (Lipinski definition) is 0. The van der Waals surface area contributed by atoms with Gasteiger partial charge in [-0.25, -0.2) is 0 Å². The molecule has 0 radical (unpaired) electrons. The molecule has 0 N–H and O–H groups in total. The number of ether oxygens (including phenoxy) is 2. The molecule has 0 aromatic carbocycles. The van der Waals surface area contributed by atoms with Crippen molar-refractivity contribution in [2.75, 3.05) is 13.2 Å². The first-order valence-corrected chi connectivity index (χ1v) is 4.56. The Morgan fingerprint density at radius 3 is 2.64 bits per heavy atom. The molecule has 4 atom stereocenters. The third-order valence-corrected chi connectivity index (χ3v) is 2.93. The zero-order valence-corrected chi connectivity index (χ0v) is 7.25. The molecule has 0 bridgehead atoms. The fraction of sp³-hybridized carbons (Fsp3) is 1.00. The van der Waals surface area contributed by atoms with Crippen LogP contribution in [0.5, 0.6) is 0 Å². The van der Waals surface area contributed by atoms with Crippen LogP contribution < -0.4 is 0 Å². The zero-order valence-electron chi connectivity index (χ0n) is 7.25. The summed E-state index contributed by atoms with van der Waals surface area (Å²) in [5.74, 6) is 1.27. The van der Waals surface area contributed by atoms with E-state index in [-0.39, 0.29) is 0 Å². The van der Waals surface area contributed by atoms with Crippen LogP contribution in [-0.4, -0.2) is 25.4 Å². The van der Waals surface area contributed by atoms with E-state index in [1.807, 2.05) is 0 Å². The second-order valence-electron chi connectivity index (χ2n) is 3.74. The Bertz CT molecular complexity index is 146. The molecule has 0 saturated carbocycles. The minimum atomic E-state index is 0.403. The maximum atomic E-state index is 5.67. The van der Waals surface area contributed by atoms with Gasteiger partial charge in [-0.15, -0.1) is 0 Å². The maximum Gasteiger partial charge on any atom is 0.0890 e. The number of hydrogen-bond acceptors (Lipinski definition) is 2. The van der Waals surface area contributed by atoms with Gasteiger partial charge in [-0.3, -0.25) is 0 Å². The second kappa shape index (κ2) is 2.76. The summed E-state index contributed by atoms with van der Waals surface area (Å²) in [6.45, 7) is 6.23. The molecule has 11 heavy (non-hydrogen) atoms. The Hall–Kier alpha value is -0.0800. The van der Waals surface area contributed by atoms with E-state index in [4.69, 9.17) is 9.47 Å². The van der Waals surface area contributed by atoms with Crippen LogP contribution in [0.25, 0.3) is 0 Å². The first-order chi connectivity index (χ1) is 5.33. The van der Waals surface area contributed by atoms with E-state index in [1.54, 1.807) is 0 Å². The lowest BCUT2D eigenvalue weighted by Crippen LogP contribution is -2.24. The Labute approximate surface area is 67.9 Å². The summed E-state index contributed by atoms with van der Waals surface area (Å²) >= 11 is 0. The van der Waals surface area contributed by atoms with Crippen LogP contribution >= 0.6 is 0 Å². The third-order valence-electron chi connectivity index (χ3n) is 2.93. The maximum absolute atomic E-state index is 5.67. The molecule has 2 aliphatic rings. The predicted molar refractivity (Wildman–Crippen MR) is 42.4 cm³/mol. The molecule has 2 rings (SSSR count). The lowest BCUT2D eigenvalue weighted by molar-refractivity contribution is 0.0610. The molecule has 0 aromatic heterocycles. The summed E-state index contributed by atoms with van der Waals surface area (Å²) in [4.78, 5) is 0. The van der Waals surface area contributed by atoms with Gasteiger partial charge >= 0.3 is 0 Å². The summed E-state index contributed by atoms with van der Waals surface area (Å²) in [7, 11) is 0. The molecular weight excluding hydrogens is 140 g/mol. The van der Waals surface area contributed by atoms with E-state index in [2.05, 4.69) is 13.8 Å². The Balaban J connectivity index is 2.04. The van der Waals surface area contributed by atoms with Crippen molar-refractivity contribution < 1.29 is 9.47 Å². The van der Waals surface area contributed by atoms with Gasteiger partial charge in [0, 0.05) is 11.8 Å². The highest BCUT2D eigenvalue weighted by atomic mass is 16.6. The standard InChI is InChI=1S/C9H16O2/c1-3-7-5-11-8-6(2)4-10-9(7)8/h6-9H,3-5H2,1-2H3/t6?,7?,8-,9-/m1/s1. The first kappa shape index (κ1) is 7.56. The quantitative estimate of drug-likeness (QED) is 0.572. The van der Waals surface area contributed by atoms with Crippen molar-refractivity contribution in [3.63, 3.8) is 0 Å². The van der Waals surface area contributed by atoms with Crippen LogP contribution in [0, 0.1) is 11.8 Å². The van der Waals surface area contributed by atoms with E-state index in [9.17, 15) is 0 Å². The van der Waals surface area contributed by atoms with Gasteiger partial charge in [-0.2, -0.15) is 0 Å². The molecule has 2 saturated heterocycles. The van der Waals surface area contributed by atoms with Gasteiger partial charge < -0.3 is 9.47 Å². The Morgan fingerprint density at radius 2 is 1.91 bits per heavy atom. The fourth-order valence-electron chi connectivity index (χ4n) is 2.12. The summed E-state index contributed by atoms with van der Waals surface area (Å²) in [5.41, 5.74) is 0. The summed E-state index contributed by atoms with van der Waals surface area (Å²) in [6.07, 6.45) is 2.00. The molecule has 2 nitrogen and oxygen atoms in total. The minimum Gasteiger partial charge on any atom is -0.375 e. The summed E-state index contributed by atoms with van der Waals surface area (Å²) in [5, 5.41) is 0. The van der Waals surface area contributed by atoms with Gasteiger partial charge in [0.1, 0.15) is 0 Å². The first-order valence-electron chi connectivity index (χ1n) is 4.56. The van der Waals surface area contributed by atoms with Gasteiger partial charge in [0.15, 0.2) is 0 Å². The minimum absolute atomic E-state index is 0.403. The van der Waals surface area contributed by atoms with Crippen molar-refractivity contribution in [1.29, 1.82) is 0 Å². The van der Waals surface area contributed by atoms with E-state index < -0.39 is 0 Å². The van der Waals surface area contributed by atoms with Crippen LogP contribution in [0.15, 0.2) is 0 Å².